The van der Waals surface area contributed by atoms with E-state index in [0.29, 0.717) is 0 Å². The Morgan fingerprint density at radius 2 is 1.80 bits per heavy atom. The van der Waals surface area contributed by atoms with Crippen LogP contribution >= 0.6 is 11.6 Å². The van der Waals surface area contributed by atoms with Gasteiger partial charge in [0.15, 0.2) is 0 Å². The summed E-state index contributed by atoms with van der Waals surface area (Å²) in [6.07, 6.45) is 0.0125. The number of nitrogens with one attached hydrogen (secondary N) is 1. The fraction of sp³-hybridized carbons (Fsp3) is 0.143. The van der Waals surface area contributed by atoms with Gasteiger partial charge in [-0.3, -0.25) is 11.3 Å². The molecular weight excluding hydrogens is 289 g/mol. The lowest BCUT2D eigenvalue weighted by atomic mass is 9.98. The van der Waals surface area contributed by atoms with Gasteiger partial charge in [-0.05, 0) is 42.3 Å². The summed E-state index contributed by atoms with van der Waals surface area (Å²) in [5.41, 5.74) is 2.75. The molecule has 0 saturated heterocycles. The van der Waals surface area contributed by atoms with Gasteiger partial charge < -0.3 is 0 Å². The molecule has 2 rings (SSSR count). The van der Waals surface area contributed by atoms with Crippen molar-refractivity contribution in [1.29, 1.82) is 0 Å². The summed E-state index contributed by atoms with van der Waals surface area (Å²) in [5.74, 6) is 3.69. The number of benzene rings is 2. The van der Waals surface area contributed by atoms with Crippen molar-refractivity contribution in [3.05, 3.63) is 70.0 Å². The molecule has 0 radical (unpaired) electrons. The molecule has 2 aromatic rings. The zero-order valence-corrected chi connectivity index (χ0v) is 11.1. The van der Waals surface area contributed by atoms with E-state index in [1.54, 1.807) is 0 Å². The molecule has 0 amide bonds. The molecule has 20 heavy (non-hydrogen) atoms. The maximum atomic E-state index is 13.8. The maximum absolute atomic E-state index is 13.8. The number of nitrogens with two attached hydrogens (primary N) is 1. The molecule has 1 unspecified atom stereocenters. The molecule has 0 aliphatic rings. The smallest absolute Gasteiger partial charge is 0.129 e. The highest BCUT2D eigenvalue weighted by molar-refractivity contribution is 6.30. The van der Waals surface area contributed by atoms with E-state index < -0.39 is 23.5 Å². The molecule has 0 aliphatic carbocycles. The Balaban J connectivity index is 2.31. The third-order valence-corrected chi connectivity index (χ3v) is 3.21. The van der Waals surface area contributed by atoms with E-state index in [1.165, 1.54) is 12.1 Å². The van der Waals surface area contributed by atoms with E-state index in [-0.39, 0.29) is 22.6 Å². The fourth-order valence-corrected chi connectivity index (χ4v) is 2.12. The van der Waals surface area contributed by atoms with Crippen LogP contribution in [0.4, 0.5) is 13.2 Å². The molecule has 0 bridgehead atoms. The van der Waals surface area contributed by atoms with Crippen LogP contribution in [0.1, 0.15) is 17.2 Å². The lowest BCUT2D eigenvalue weighted by Crippen LogP contribution is -2.30. The second-order valence-corrected chi connectivity index (χ2v) is 4.76. The highest BCUT2D eigenvalue weighted by Gasteiger charge is 2.17. The number of hydrogen-bond acceptors (Lipinski definition) is 2. The van der Waals surface area contributed by atoms with Crippen molar-refractivity contribution in [2.45, 2.75) is 12.5 Å². The van der Waals surface area contributed by atoms with Gasteiger partial charge in [0.2, 0.25) is 0 Å². The molecule has 0 aromatic heterocycles. The van der Waals surface area contributed by atoms with Gasteiger partial charge >= 0.3 is 0 Å². The molecule has 2 aromatic carbocycles. The van der Waals surface area contributed by atoms with Gasteiger partial charge in [0.05, 0.1) is 6.04 Å². The lowest BCUT2D eigenvalue weighted by molar-refractivity contribution is 0.496. The summed E-state index contributed by atoms with van der Waals surface area (Å²) in [7, 11) is 0. The minimum Gasteiger partial charge on any atom is -0.271 e. The zero-order chi connectivity index (χ0) is 14.7. The van der Waals surface area contributed by atoms with Crippen LogP contribution in [0.3, 0.4) is 0 Å². The van der Waals surface area contributed by atoms with Crippen molar-refractivity contribution in [2.75, 3.05) is 0 Å². The lowest BCUT2D eigenvalue weighted by Gasteiger charge is -2.17. The van der Waals surface area contributed by atoms with E-state index in [1.807, 2.05) is 0 Å². The third-order valence-electron chi connectivity index (χ3n) is 2.97. The van der Waals surface area contributed by atoms with Crippen molar-refractivity contribution in [3.8, 4) is 0 Å². The first-order chi connectivity index (χ1) is 9.51. The standard InChI is InChI=1S/C14H12ClF3N2/c15-9-1-3-11(13(18)7-9)14(20-19)6-8-5-10(16)2-4-12(8)17/h1-5,7,14,20H,6,19H2. The topological polar surface area (TPSA) is 38.0 Å². The van der Waals surface area contributed by atoms with Gasteiger partial charge in [0.1, 0.15) is 17.5 Å². The molecule has 0 saturated carbocycles. The molecule has 2 nitrogen and oxygen atoms in total. The van der Waals surface area contributed by atoms with Gasteiger partial charge in [0.25, 0.3) is 0 Å². The second-order valence-electron chi connectivity index (χ2n) is 4.32. The summed E-state index contributed by atoms with van der Waals surface area (Å²) in [4.78, 5) is 0. The highest BCUT2D eigenvalue weighted by Crippen LogP contribution is 2.24. The van der Waals surface area contributed by atoms with Crippen LogP contribution in [0.2, 0.25) is 5.02 Å². The van der Waals surface area contributed by atoms with E-state index >= 15 is 0 Å². The van der Waals surface area contributed by atoms with Gasteiger partial charge in [-0.1, -0.05) is 17.7 Å². The Morgan fingerprint density at radius 3 is 2.45 bits per heavy atom. The summed E-state index contributed by atoms with van der Waals surface area (Å²) >= 11 is 5.67. The number of hydrogen-bond donors (Lipinski definition) is 2. The minimum atomic E-state index is -0.691. The summed E-state index contributed by atoms with van der Waals surface area (Å²) < 4.78 is 40.5. The Kier molecular flexibility index (Phi) is 4.65. The average molecular weight is 301 g/mol. The van der Waals surface area contributed by atoms with Crippen LogP contribution in [0.5, 0.6) is 0 Å². The third kappa shape index (κ3) is 3.30. The SMILES string of the molecule is NNC(Cc1cc(F)ccc1F)c1ccc(Cl)cc1F. The molecule has 0 heterocycles. The van der Waals surface area contributed by atoms with Crippen molar-refractivity contribution >= 4 is 11.6 Å². The molecule has 0 aliphatic heterocycles. The Hall–Kier alpha value is -1.56. The van der Waals surface area contributed by atoms with Crippen LogP contribution in [-0.4, -0.2) is 0 Å². The molecule has 1 atom stereocenters. The fourth-order valence-electron chi connectivity index (χ4n) is 1.96. The number of halogens is 4. The van der Waals surface area contributed by atoms with Gasteiger partial charge in [-0.2, -0.15) is 0 Å². The van der Waals surface area contributed by atoms with Crippen LogP contribution < -0.4 is 11.3 Å². The summed E-state index contributed by atoms with van der Waals surface area (Å²) in [5, 5.41) is 0.249. The van der Waals surface area contributed by atoms with E-state index in [0.717, 1.165) is 24.3 Å². The van der Waals surface area contributed by atoms with Gasteiger partial charge in [0, 0.05) is 10.6 Å². The number of rotatable bonds is 4. The van der Waals surface area contributed by atoms with E-state index in [2.05, 4.69) is 5.43 Å². The number of hydrazine groups is 1. The van der Waals surface area contributed by atoms with Crippen LogP contribution in [-0.2, 0) is 6.42 Å². The second kappa shape index (κ2) is 6.26. The van der Waals surface area contributed by atoms with Crippen LogP contribution in [0, 0.1) is 17.5 Å². The quantitative estimate of drug-likeness (QED) is 0.670. The predicted octanol–water partition coefficient (Wildman–Crippen LogP) is 3.50. The molecular formula is C14H12ClF3N2. The Morgan fingerprint density at radius 1 is 1.05 bits per heavy atom. The van der Waals surface area contributed by atoms with E-state index in [4.69, 9.17) is 17.4 Å². The molecule has 0 fully saturated rings. The first-order valence-electron chi connectivity index (χ1n) is 5.86. The first kappa shape index (κ1) is 14.8. The Bertz CT molecular complexity index is 619. The highest BCUT2D eigenvalue weighted by atomic mass is 35.5. The van der Waals surface area contributed by atoms with Crippen LogP contribution in [0.25, 0.3) is 0 Å². The average Bonchev–Trinajstić information content (AvgIpc) is 2.40. The molecule has 0 spiro atoms. The Labute approximate surface area is 119 Å². The van der Waals surface area contributed by atoms with E-state index in [9.17, 15) is 13.2 Å². The normalized spacial score (nSPS) is 12.4. The largest absolute Gasteiger partial charge is 0.271 e. The van der Waals surface area contributed by atoms with Gasteiger partial charge in [-0.25, -0.2) is 13.2 Å². The van der Waals surface area contributed by atoms with Crippen LogP contribution in [0.15, 0.2) is 36.4 Å². The first-order valence-corrected chi connectivity index (χ1v) is 6.24. The monoisotopic (exact) mass is 300 g/mol. The maximum Gasteiger partial charge on any atom is 0.129 e. The predicted molar refractivity (Wildman–Crippen MR) is 71.5 cm³/mol. The molecule has 6 heteroatoms. The summed E-state index contributed by atoms with van der Waals surface area (Å²) in [6, 6.07) is 6.52. The molecule has 3 N–H and O–H groups in total. The van der Waals surface area contributed by atoms with Gasteiger partial charge in [-0.15, -0.1) is 0 Å². The van der Waals surface area contributed by atoms with Crippen molar-refractivity contribution < 1.29 is 13.2 Å². The van der Waals surface area contributed by atoms with Crippen molar-refractivity contribution in [2.24, 2.45) is 5.84 Å². The van der Waals surface area contributed by atoms with Crippen molar-refractivity contribution in [3.63, 3.8) is 0 Å². The van der Waals surface area contributed by atoms with Crippen molar-refractivity contribution in [1.82, 2.24) is 5.43 Å². The minimum absolute atomic E-state index is 0.0125. The summed E-state index contributed by atoms with van der Waals surface area (Å²) in [6.45, 7) is 0. The molecule has 106 valence electrons. The zero-order valence-electron chi connectivity index (χ0n) is 10.3.